The third-order valence-electron chi connectivity index (χ3n) is 3.82. The van der Waals surface area contributed by atoms with Gasteiger partial charge in [0.05, 0.1) is 18.7 Å². The molecule has 0 aliphatic carbocycles. The van der Waals surface area contributed by atoms with Gasteiger partial charge in [-0.3, -0.25) is 9.69 Å². The van der Waals surface area contributed by atoms with Crippen LogP contribution in [-0.4, -0.2) is 42.2 Å². The van der Waals surface area contributed by atoms with E-state index in [-0.39, 0.29) is 12.5 Å². The van der Waals surface area contributed by atoms with Crippen molar-refractivity contribution in [2.45, 2.75) is 45.4 Å². The minimum absolute atomic E-state index is 0.233. The molecule has 0 saturated carbocycles. The molecule has 134 valence electrons. The van der Waals surface area contributed by atoms with Crippen LogP contribution >= 0.6 is 0 Å². The average Bonchev–Trinajstić information content (AvgIpc) is 2.49. The van der Waals surface area contributed by atoms with Gasteiger partial charge in [-0.25, -0.2) is 4.79 Å². The SMILES string of the molecule is COc1cc(C#N)ccc1CNC(=O)C1CCN1C(=O)OC(C)(C)C. The van der Waals surface area contributed by atoms with E-state index in [9.17, 15) is 9.59 Å². The predicted molar refractivity (Wildman–Crippen MR) is 90.9 cm³/mol. The highest BCUT2D eigenvalue weighted by Gasteiger charge is 2.39. The van der Waals surface area contributed by atoms with Crippen LogP contribution in [0.5, 0.6) is 5.75 Å². The number of amides is 2. The molecule has 1 heterocycles. The molecule has 0 aromatic heterocycles. The molecule has 1 aromatic rings. The molecule has 25 heavy (non-hydrogen) atoms. The third-order valence-corrected chi connectivity index (χ3v) is 3.82. The van der Waals surface area contributed by atoms with Gasteiger partial charge in [0, 0.05) is 18.7 Å². The van der Waals surface area contributed by atoms with E-state index < -0.39 is 17.7 Å². The molecule has 1 saturated heterocycles. The molecule has 1 unspecified atom stereocenters. The molecule has 2 amide bonds. The van der Waals surface area contributed by atoms with E-state index in [0.29, 0.717) is 24.3 Å². The molecule has 0 radical (unpaired) electrons. The summed E-state index contributed by atoms with van der Waals surface area (Å²) in [5, 5.41) is 11.7. The topological polar surface area (TPSA) is 91.7 Å². The number of hydrogen-bond acceptors (Lipinski definition) is 5. The first kappa shape index (κ1) is 18.6. The molecular weight excluding hydrogens is 322 g/mol. The zero-order valence-electron chi connectivity index (χ0n) is 15.0. The Morgan fingerprint density at radius 1 is 1.40 bits per heavy atom. The van der Waals surface area contributed by atoms with Gasteiger partial charge in [0.2, 0.25) is 5.91 Å². The normalized spacial score (nSPS) is 16.4. The van der Waals surface area contributed by atoms with Crippen LogP contribution in [0, 0.1) is 11.3 Å². The number of nitrogens with one attached hydrogen (secondary N) is 1. The molecule has 1 aliphatic rings. The van der Waals surface area contributed by atoms with Crippen LogP contribution in [0.2, 0.25) is 0 Å². The maximum atomic E-state index is 12.3. The fourth-order valence-corrected chi connectivity index (χ4v) is 2.46. The molecule has 1 aromatic carbocycles. The highest BCUT2D eigenvalue weighted by molar-refractivity contribution is 5.87. The third kappa shape index (κ3) is 4.63. The number of ether oxygens (including phenoxy) is 2. The van der Waals surface area contributed by atoms with Gasteiger partial charge in [0.15, 0.2) is 0 Å². The molecule has 1 N–H and O–H groups in total. The fourth-order valence-electron chi connectivity index (χ4n) is 2.46. The molecule has 2 rings (SSSR count). The highest BCUT2D eigenvalue weighted by Crippen LogP contribution is 2.23. The summed E-state index contributed by atoms with van der Waals surface area (Å²) in [6.45, 7) is 6.13. The molecule has 0 spiro atoms. The first-order valence-corrected chi connectivity index (χ1v) is 8.09. The number of likely N-dealkylation sites (tertiary alicyclic amines) is 1. The second-order valence-corrected chi connectivity index (χ2v) is 6.83. The number of benzene rings is 1. The zero-order valence-corrected chi connectivity index (χ0v) is 15.0. The zero-order chi connectivity index (χ0) is 18.6. The van der Waals surface area contributed by atoms with Crippen LogP contribution in [0.3, 0.4) is 0 Å². The lowest BCUT2D eigenvalue weighted by atomic mass is 10.0. The number of carbonyl (C=O) groups is 2. The van der Waals surface area contributed by atoms with Crippen LogP contribution in [-0.2, 0) is 16.1 Å². The quantitative estimate of drug-likeness (QED) is 0.903. The second kappa shape index (κ2) is 7.43. The van der Waals surface area contributed by atoms with E-state index in [1.807, 2.05) is 6.07 Å². The largest absolute Gasteiger partial charge is 0.496 e. The minimum Gasteiger partial charge on any atom is -0.496 e. The monoisotopic (exact) mass is 345 g/mol. The summed E-state index contributed by atoms with van der Waals surface area (Å²) in [4.78, 5) is 25.8. The molecular formula is C18H23N3O4. The maximum absolute atomic E-state index is 12.3. The van der Waals surface area contributed by atoms with Crippen LogP contribution < -0.4 is 10.1 Å². The van der Waals surface area contributed by atoms with Crippen molar-refractivity contribution in [3.63, 3.8) is 0 Å². The Kier molecular flexibility index (Phi) is 5.52. The molecule has 7 nitrogen and oxygen atoms in total. The van der Waals surface area contributed by atoms with E-state index in [1.165, 1.54) is 12.0 Å². The van der Waals surface area contributed by atoms with E-state index in [2.05, 4.69) is 5.32 Å². The summed E-state index contributed by atoms with van der Waals surface area (Å²) in [5.74, 6) is 0.306. The van der Waals surface area contributed by atoms with Crippen LogP contribution in [0.15, 0.2) is 18.2 Å². The Balaban J connectivity index is 1.95. The fraction of sp³-hybridized carbons (Fsp3) is 0.500. The van der Waals surface area contributed by atoms with Crippen LogP contribution in [0.1, 0.15) is 38.3 Å². The van der Waals surface area contributed by atoms with Crippen molar-refractivity contribution in [1.29, 1.82) is 5.26 Å². The van der Waals surface area contributed by atoms with E-state index in [0.717, 1.165) is 5.56 Å². The highest BCUT2D eigenvalue weighted by atomic mass is 16.6. The molecule has 0 bridgehead atoms. The van der Waals surface area contributed by atoms with E-state index in [4.69, 9.17) is 14.7 Å². The molecule has 7 heteroatoms. The van der Waals surface area contributed by atoms with Crippen molar-refractivity contribution in [3.05, 3.63) is 29.3 Å². The summed E-state index contributed by atoms with van der Waals surface area (Å²) in [6.07, 6.45) is 0.130. The number of methoxy groups -OCH3 is 1. The summed E-state index contributed by atoms with van der Waals surface area (Å²) >= 11 is 0. The number of rotatable bonds is 4. The standard InChI is InChI=1S/C18H23N3O4/c1-18(2,3)25-17(23)21-8-7-14(21)16(22)20-11-13-6-5-12(10-19)9-15(13)24-4/h5-6,9,14H,7-8,11H2,1-4H3,(H,20,22). The van der Waals surface area contributed by atoms with Crippen LogP contribution in [0.25, 0.3) is 0 Å². The van der Waals surface area contributed by atoms with Gasteiger partial charge in [0.1, 0.15) is 17.4 Å². The van der Waals surface area contributed by atoms with Gasteiger partial charge < -0.3 is 14.8 Å². The average molecular weight is 345 g/mol. The smallest absolute Gasteiger partial charge is 0.410 e. The second-order valence-electron chi connectivity index (χ2n) is 6.83. The first-order valence-electron chi connectivity index (χ1n) is 8.09. The van der Waals surface area contributed by atoms with Gasteiger partial charge in [0.25, 0.3) is 0 Å². The Labute approximate surface area is 147 Å². The Hall–Kier alpha value is -2.75. The first-order chi connectivity index (χ1) is 11.7. The maximum Gasteiger partial charge on any atom is 0.410 e. The number of hydrogen-bond donors (Lipinski definition) is 1. The number of carbonyl (C=O) groups excluding carboxylic acids is 2. The Morgan fingerprint density at radius 3 is 2.64 bits per heavy atom. The lowest BCUT2D eigenvalue weighted by molar-refractivity contribution is -0.130. The lowest BCUT2D eigenvalue weighted by Crippen LogP contribution is -2.59. The van der Waals surface area contributed by atoms with Crippen molar-refractivity contribution in [3.8, 4) is 11.8 Å². The van der Waals surface area contributed by atoms with Gasteiger partial charge in [-0.1, -0.05) is 6.07 Å². The minimum atomic E-state index is -0.594. The van der Waals surface area contributed by atoms with Gasteiger partial charge in [-0.2, -0.15) is 5.26 Å². The summed E-state index contributed by atoms with van der Waals surface area (Å²) < 4.78 is 10.6. The number of nitriles is 1. The van der Waals surface area contributed by atoms with Gasteiger partial charge in [-0.15, -0.1) is 0 Å². The van der Waals surface area contributed by atoms with Crippen molar-refractivity contribution < 1.29 is 19.1 Å². The van der Waals surface area contributed by atoms with Crippen LogP contribution in [0.4, 0.5) is 4.79 Å². The van der Waals surface area contributed by atoms with Crippen molar-refractivity contribution in [2.24, 2.45) is 0 Å². The molecule has 1 aliphatic heterocycles. The Morgan fingerprint density at radius 2 is 2.12 bits per heavy atom. The van der Waals surface area contributed by atoms with Gasteiger partial charge in [-0.05, 0) is 39.3 Å². The van der Waals surface area contributed by atoms with Crippen molar-refractivity contribution in [1.82, 2.24) is 10.2 Å². The van der Waals surface area contributed by atoms with E-state index >= 15 is 0 Å². The van der Waals surface area contributed by atoms with E-state index in [1.54, 1.807) is 39.0 Å². The summed E-state index contributed by atoms with van der Waals surface area (Å²) in [7, 11) is 1.51. The van der Waals surface area contributed by atoms with Crippen molar-refractivity contribution in [2.75, 3.05) is 13.7 Å². The summed E-state index contributed by atoms with van der Waals surface area (Å²) in [6, 6.07) is 6.56. The summed E-state index contributed by atoms with van der Waals surface area (Å²) in [5.41, 5.74) is 0.656. The lowest BCUT2D eigenvalue weighted by Gasteiger charge is -2.40. The number of nitrogens with zero attached hydrogens (tertiary/aromatic N) is 2. The van der Waals surface area contributed by atoms with Gasteiger partial charge >= 0.3 is 6.09 Å². The molecule has 1 fully saturated rings. The Bertz CT molecular complexity index is 703. The predicted octanol–water partition coefficient (Wildman–Crippen LogP) is 2.19. The molecule has 1 atom stereocenters. The van der Waals surface area contributed by atoms with Crippen molar-refractivity contribution >= 4 is 12.0 Å².